The van der Waals surface area contributed by atoms with Gasteiger partial charge in [0.1, 0.15) is 0 Å². The Morgan fingerprint density at radius 2 is 2.10 bits per heavy atom. The van der Waals surface area contributed by atoms with Crippen LogP contribution in [0.2, 0.25) is 0 Å². The molecular formula is C22H24N2O6. The molecule has 0 aliphatic carbocycles. The van der Waals surface area contributed by atoms with Crippen LogP contribution >= 0.6 is 0 Å². The standard InChI is InChI=1S/C22H24N2O6/c1-15-12-19(16(2)23(15)13-18-7-5-11-29-18)21(25)14-30-22(26)10-9-17-6-3-4-8-20(17)24(27)28/h3-4,6,8-10,12,18H,5,7,11,13-14H2,1-2H3/b10-9+. The lowest BCUT2D eigenvalue weighted by atomic mass is 10.1. The minimum Gasteiger partial charge on any atom is -0.454 e. The molecule has 1 saturated heterocycles. The van der Waals surface area contributed by atoms with Crippen LogP contribution in [0.5, 0.6) is 0 Å². The molecule has 1 unspecified atom stereocenters. The number of esters is 1. The first-order valence-electron chi connectivity index (χ1n) is 9.76. The van der Waals surface area contributed by atoms with Gasteiger partial charge in [-0.05, 0) is 44.9 Å². The topological polar surface area (TPSA) is 101 Å². The Labute approximate surface area is 174 Å². The summed E-state index contributed by atoms with van der Waals surface area (Å²) in [5, 5.41) is 11.0. The molecular weight excluding hydrogens is 388 g/mol. The molecule has 1 aliphatic heterocycles. The van der Waals surface area contributed by atoms with E-state index < -0.39 is 17.5 Å². The first-order valence-corrected chi connectivity index (χ1v) is 9.76. The number of nitrogens with zero attached hydrogens (tertiary/aromatic N) is 2. The number of Topliss-reactive ketones (excluding diaryl/α,β-unsaturated/α-hetero) is 1. The second-order valence-electron chi connectivity index (χ2n) is 7.21. The lowest BCUT2D eigenvalue weighted by Crippen LogP contribution is -2.18. The van der Waals surface area contributed by atoms with Crippen molar-refractivity contribution in [2.24, 2.45) is 0 Å². The zero-order valence-corrected chi connectivity index (χ0v) is 17.0. The third-order valence-electron chi connectivity index (χ3n) is 5.16. The predicted octanol–water partition coefficient (Wildman–Crippen LogP) is 3.63. The van der Waals surface area contributed by atoms with Crippen LogP contribution in [-0.4, -0.2) is 40.6 Å². The normalized spacial score (nSPS) is 16.1. The van der Waals surface area contributed by atoms with Crippen molar-refractivity contribution >= 4 is 23.5 Å². The molecule has 1 fully saturated rings. The first kappa shape index (κ1) is 21.4. The quantitative estimate of drug-likeness (QED) is 0.216. The molecule has 0 bridgehead atoms. The highest BCUT2D eigenvalue weighted by molar-refractivity contribution is 6.00. The predicted molar refractivity (Wildman–Crippen MR) is 110 cm³/mol. The summed E-state index contributed by atoms with van der Waals surface area (Å²) in [6.07, 6.45) is 4.59. The molecule has 8 nitrogen and oxygen atoms in total. The third kappa shape index (κ3) is 5.01. The van der Waals surface area contributed by atoms with Gasteiger partial charge in [-0.1, -0.05) is 12.1 Å². The Hall–Kier alpha value is -3.26. The summed E-state index contributed by atoms with van der Waals surface area (Å²) in [5.74, 6) is -1.04. The molecule has 2 aromatic rings. The molecule has 0 spiro atoms. The van der Waals surface area contributed by atoms with Gasteiger partial charge >= 0.3 is 5.97 Å². The number of rotatable bonds is 8. The fourth-order valence-electron chi connectivity index (χ4n) is 3.57. The van der Waals surface area contributed by atoms with Crippen molar-refractivity contribution in [2.45, 2.75) is 39.3 Å². The Balaban J connectivity index is 1.60. The summed E-state index contributed by atoms with van der Waals surface area (Å²) in [5.41, 5.74) is 2.45. The van der Waals surface area contributed by atoms with Crippen LogP contribution in [0.1, 0.15) is 40.2 Å². The number of ketones is 1. The van der Waals surface area contributed by atoms with Gasteiger partial charge in [-0.25, -0.2) is 4.79 Å². The van der Waals surface area contributed by atoms with Gasteiger partial charge in [0, 0.05) is 42.2 Å². The number of carbonyl (C=O) groups is 2. The molecule has 1 aliphatic rings. The maximum atomic E-state index is 12.6. The average Bonchev–Trinajstić information content (AvgIpc) is 3.34. The molecule has 1 aromatic carbocycles. The van der Waals surface area contributed by atoms with Gasteiger partial charge in [0.05, 0.1) is 16.6 Å². The second kappa shape index (κ2) is 9.49. The number of carbonyl (C=O) groups excluding carboxylic acids is 2. The second-order valence-corrected chi connectivity index (χ2v) is 7.21. The van der Waals surface area contributed by atoms with Gasteiger partial charge < -0.3 is 14.0 Å². The Morgan fingerprint density at radius 1 is 1.33 bits per heavy atom. The molecule has 2 heterocycles. The largest absolute Gasteiger partial charge is 0.454 e. The number of para-hydroxylation sites is 1. The number of ether oxygens (including phenoxy) is 2. The zero-order chi connectivity index (χ0) is 21.7. The number of aryl methyl sites for hydroxylation is 1. The lowest BCUT2D eigenvalue weighted by Gasteiger charge is -2.14. The third-order valence-corrected chi connectivity index (χ3v) is 5.16. The van der Waals surface area contributed by atoms with Gasteiger partial charge in [-0.3, -0.25) is 14.9 Å². The van der Waals surface area contributed by atoms with E-state index in [4.69, 9.17) is 9.47 Å². The summed E-state index contributed by atoms with van der Waals surface area (Å²) >= 11 is 0. The van der Waals surface area contributed by atoms with Gasteiger partial charge in [0.15, 0.2) is 6.61 Å². The van der Waals surface area contributed by atoms with E-state index in [2.05, 4.69) is 4.57 Å². The first-order chi connectivity index (χ1) is 14.4. The van der Waals surface area contributed by atoms with E-state index in [1.54, 1.807) is 18.2 Å². The fraction of sp³-hybridized carbons (Fsp3) is 0.364. The Kier molecular flexibility index (Phi) is 6.79. The highest BCUT2D eigenvalue weighted by atomic mass is 16.6. The molecule has 0 saturated carbocycles. The number of hydrogen-bond acceptors (Lipinski definition) is 6. The monoisotopic (exact) mass is 412 g/mol. The van der Waals surface area contributed by atoms with Crippen LogP contribution in [0, 0.1) is 24.0 Å². The number of hydrogen-bond donors (Lipinski definition) is 0. The molecule has 0 amide bonds. The molecule has 158 valence electrons. The Morgan fingerprint density at radius 3 is 2.80 bits per heavy atom. The molecule has 3 rings (SSSR count). The van der Waals surface area contributed by atoms with Gasteiger partial charge in [-0.2, -0.15) is 0 Å². The van der Waals surface area contributed by atoms with E-state index in [0.717, 1.165) is 36.9 Å². The van der Waals surface area contributed by atoms with E-state index in [1.807, 2.05) is 13.8 Å². The van der Waals surface area contributed by atoms with Gasteiger partial charge in [0.2, 0.25) is 5.78 Å². The molecule has 0 N–H and O–H groups in total. The van der Waals surface area contributed by atoms with Crippen molar-refractivity contribution in [3.05, 3.63) is 69.0 Å². The molecule has 0 radical (unpaired) electrons. The van der Waals surface area contributed by atoms with Crippen molar-refractivity contribution in [3.63, 3.8) is 0 Å². The number of benzene rings is 1. The van der Waals surface area contributed by atoms with Crippen LogP contribution in [0.15, 0.2) is 36.4 Å². The van der Waals surface area contributed by atoms with Gasteiger partial charge in [-0.15, -0.1) is 0 Å². The zero-order valence-electron chi connectivity index (χ0n) is 17.0. The fourth-order valence-corrected chi connectivity index (χ4v) is 3.57. The minimum atomic E-state index is -0.741. The van der Waals surface area contributed by atoms with Crippen LogP contribution in [-0.2, 0) is 20.8 Å². The van der Waals surface area contributed by atoms with E-state index in [-0.39, 0.29) is 23.1 Å². The van der Waals surface area contributed by atoms with E-state index >= 15 is 0 Å². The smallest absolute Gasteiger partial charge is 0.331 e. The highest BCUT2D eigenvalue weighted by Crippen LogP contribution is 2.21. The number of nitro groups is 1. The molecule has 1 aromatic heterocycles. The lowest BCUT2D eigenvalue weighted by molar-refractivity contribution is -0.385. The highest BCUT2D eigenvalue weighted by Gasteiger charge is 2.21. The molecule has 30 heavy (non-hydrogen) atoms. The van der Waals surface area contributed by atoms with E-state index in [1.165, 1.54) is 18.2 Å². The molecule has 8 heteroatoms. The minimum absolute atomic E-state index is 0.115. The van der Waals surface area contributed by atoms with E-state index in [9.17, 15) is 19.7 Å². The Bertz CT molecular complexity index is 986. The summed E-state index contributed by atoms with van der Waals surface area (Å²) in [6, 6.07) is 7.84. The summed E-state index contributed by atoms with van der Waals surface area (Å²) in [7, 11) is 0. The van der Waals surface area contributed by atoms with Crippen molar-refractivity contribution in [3.8, 4) is 0 Å². The van der Waals surface area contributed by atoms with Crippen molar-refractivity contribution in [2.75, 3.05) is 13.2 Å². The van der Waals surface area contributed by atoms with Crippen LogP contribution < -0.4 is 0 Å². The number of nitro benzene ring substituents is 1. The van der Waals surface area contributed by atoms with Gasteiger partial charge in [0.25, 0.3) is 5.69 Å². The van der Waals surface area contributed by atoms with Crippen LogP contribution in [0.3, 0.4) is 0 Å². The maximum absolute atomic E-state index is 12.6. The van der Waals surface area contributed by atoms with Crippen molar-refractivity contribution in [1.29, 1.82) is 0 Å². The van der Waals surface area contributed by atoms with Crippen LogP contribution in [0.4, 0.5) is 5.69 Å². The van der Waals surface area contributed by atoms with Crippen molar-refractivity contribution in [1.82, 2.24) is 4.57 Å². The molecule has 1 atom stereocenters. The maximum Gasteiger partial charge on any atom is 0.331 e. The SMILES string of the molecule is Cc1cc(C(=O)COC(=O)/C=C/c2ccccc2[N+](=O)[O-])c(C)n1CC1CCCO1. The number of aromatic nitrogens is 1. The van der Waals surface area contributed by atoms with E-state index in [0.29, 0.717) is 12.1 Å². The summed E-state index contributed by atoms with van der Waals surface area (Å²) < 4.78 is 12.8. The van der Waals surface area contributed by atoms with Crippen molar-refractivity contribution < 1.29 is 24.0 Å². The summed E-state index contributed by atoms with van der Waals surface area (Å²) in [6.45, 7) is 4.87. The van der Waals surface area contributed by atoms with Crippen LogP contribution in [0.25, 0.3) is 6.08 Å². The summed E-state index contributed by atoms with van der Waals surface area (Å²) in [4.78, 5) is 35.0. The average molecular weight is 412 g/mol.